The third kappa shape index (κ3) is 3.13. The van der Waals surface area contributed by atoms with Gasteiger partial charge in [0, 0.05) is 10.8 Å². The molecule has 1 nitrogen and oxygen atoms in total. The minimum Gasteiger partial charge on any atom is -0.507 e. The van der Waals surface area contributed by atoms with Crippen LogP contribution in [0.3, 0.4) is 0 Å². The number of hydrogen-bond donors (Lipinski definition) is 1. The highest BCUT2D eigenvalue weighted by Crippen LogP contribution is 2.58. The molecule has 0 aromatic heterocycles. The summed E-state index contributed by atoms with van der Waals surface area (Å²) in [4.78, 5) is 0. The second kappa shape index (κ2) is 7.76. The molecule has 0 saturated heterocycles. The van der Waals surface area contributed by atoms with E-state index in [4.69, 9.17) is 0 Å². The smallest absolute Gasteiger partial charge is 0.123 e. The zero-order valence-corrected chi connectivity index (χ0v) is 19.7. The number of rotatable bonds is 1. The third-order valence-corrected chi connectivity index (χ3v) is 8.26. The summed E-state index contributed by atoms with van der Waals surface area (Å²) in [5, 5.41) is 13.5. The highest BCUT2D eigenvalue weighted by molar-refractivity contribution is 6.07. The fourth-order valence-corrected chi connectivity index (χ4v) is 6.58. The molecule has 4 aromatic carbocycles. The van der Waals surface area contributed by atoms with Crippen LogP contribution in [0.1, 0.15) is 67.2 Å². The molecule has 2 aliphatic carbocycles. The number of benzene rings is 4. The lowest BCUT2D eigenvalue weighted by atomic mass is 9.69. The molecule has 1 fully saturated rings. The van der Waals surface area contributed by atoms with Crippen LogP contribution in [0, 0.1) is 13.8 Å². The van der Waals surface area contributed by atoms with E-state index in [-0.39, 0.29) is 5.41 Å². The number of fused-ring (bicyclic) bond motifs is 7. The molecule has 1 spiro atoms. The highest BCUT2D eigenvalue weighted by Gasteiger charge is 2.43. The minimum absolute atomic E-state index is 0.0432. The van der Waals surface area contributed by atoms with Crippen LogP contribution in [0.15, 0.2) is 66.7 Å². The Balaban J connectivity index is 1.63. The molecule has 2 aliphatic rings. The summed E-state index contributed by atoms with van der Waals surface area (Å²) < 4.78 is 0. The van der Waals surface area contributed by atoms with Crippen molar-refractivity contribution in [2.24, 2.45) is 0 Å². The summed E-state index contributed by atoms with van der Waals surface area (Å²) in [5.41, 5.74) is 10.5. The highest BCUT2D eigenvalue weighted by atomic mass is 16.3. The van der Waals surface area contributed by atoms with Gasteiger partial charge in [-0.25, -0.2) is 0 Å². The van der Waals surface area contributed by atoms with Gasteiger partial charge in [-0.1, -0.05) is 92.3 Å². The summed E-state index contributed by atoms with van der Waals surface area (Å²) in [6.45, 7) is 4.33. The Bertz CT molecular complexity index is 1350. The van der Waals surface area contributed by atoms with Gasteiger partial charge in [-0.3, -0.25) is 0 Å². The Hall–Kier alpha value is -3.06. The predicted octanol–water partition coefficient (Wildman–Crippen LogP) is 8.84. The molecule has 0 aliphatic heterocycles. The molecule has 166 valence electrons. The van der Waals surface area contributed by atoms with Gasteiger partial charge < -0.3 is 5.11 Å². The Morgan fingerprint density at radius 3 is 2.12 bits per heavy atom. The van der Waals surface area contributed by atoms with Crippen LogP contribution in [0.2, 0.25) is 0 Å². The lowest BCUT2D eigenvalue weighted by Crippen LogP contribution is -2.26. The van der Waals surface area contributed by atoms with Gasteiger partial charge in [0.2, 0.25) is 0 Å². The van der Waals surface area contributed by atoms with Crippen molar-refractivity contribution in [3.63, 3.8) is 0 Å². The molecule has 1 N–H and O–H groups in total. The van der Waals surface area contributed by atoms with E-state index in [2.05, 4.69) is 80.6 Å². The van der Waals surface area contributed by atoms with Crippen LogP contribution in [-0.4, -0.2) is 5.11 Å². The van der Waals surface area contributed by atoms with Crippen molar-refractivity contribution >= 4 is 10.8 Å². The van der Waals surface area contributed by atoms with E-state index in [9.17, 15) is 5.11 Å². The van der Waals surface area contributed by atoms with E-state index in [1.165, 1.54) is 94.8 Å². The van der Waals surface area contributed by atoms with Gasteiger partial charge in [0.05, 0.1) is 0 Å². The first-order valence-electron chi connectivity index (χ1n) is 12.6. The van der Waals surface area contributed by atoms with Crippen LogP contribution in [0.5, 0.6) is 5.75 Å². The molecule has 0 heterocycles. The van der Waals surface area contributed by atoms with Gasteiger partial charge in [0.1, 0.15) is 5.75 Å². The molecule has 0 amide bonds. The van der Waals surface area contributed by atoms with Crippen LogP contribution in [-0.2, 0) is 5.41 Å². The molecule has 6 rings (SSSR count). The van der Waals surface area contributed by atoms with E-state index < -0.39 is 0 Å². The lowest BCUT2D eigenvalue weighted by Gasteiger charge is -2.34. The van der Waals surface area contributed by atoms with Gasteiger partial charge in [-0.2, -0.15) is 0 Å². The topological polar surface area (TPSA) is 20.2 Å². The summed E-state index contributed by atoms with van der Waals surface area (Å²) in [5.74, 6) is 0.423. The van der Waals surface area contributed by atoms with Gasteiger partial charge >= 0.3 is 0 Å². The molecule has 0 unspecified atom stereocenters. The van der Waals surface area contributed by atoms with E-state index in [0.29, 0.717) is 5.75 Å². The fourth-order valence-electron chi connectivity index (χ4n) is 6.58. The average Bonchev–Trinajstić information content (AvgIpc) is 3.07. The number of phenolic OH excluding ortho intramolecular Hbond substituents is 1. The summed E-state index contributed by atoms with van der Waals surface area (Å²) in [7, 11) is 0. The summed E-state index contributed by atoms with van der Waals surface area (Å²) in [6.07, 6.45) is 8.88. The van der Waals surface area contributed by atoms with Crippen molar-refractivity contribution in [3.8, 4) is 28.0 Å². The zero-order chi connectivity index (χ0) is 22.6. The standard InChI is InChI=1S/C32H32O/c1-21-12-14-23(15-13-21)25-19-26-27(18-22(25)2)31-24-10-6-7-11-28(24)32(29(31)20-30(26)33)16-8-4-3-5-9-17-32/h6-7,10-15,18-20,33H,3-5,8-9,16-17H2,1-2H3. The molecule has 0 bridgehead atoms. The first-order valence-corrected chi connectivity index (χ1v) is 12.6. The Morgan fingerprint density at radius 1 is 0.667 bits per heavy atom. The number of aryl methyl sites for hydroxylation is 2. The van der Waals surface area contributed by atoms with Crippen molar-refractivity contribution in [1.82, 2.24) is 0 Å². The van der Waals surface area contributed by atoms with Gasteiger partial charge in [0.25, 0.3) is 0 Å². The van der Waals surface area contributed by atoms with E-state index in [0.717, 1.165) is 5.39 Å². The van der Waals surface area contributed by atoms with Crippen molar-refractivity contribution in [2.45, 2.75) is 64.2 Å². The summed E-state index contributed by atoms with van der Waals surface area (Å²) >= 11 is 0. The van der Waals surface area contributed by atoms with E-state index in [1.807, 2.05) is 0 Å². The van der Waals surface area contributed by atoms with Gasteiger partial charge in [-0.05, 0) is 83.2 Å². The number of phenols is 1. The Morgan fingerprint density at radius 2 is 1.36 bits per heavy atom. The van der Waals surface area contributed by atoms with E-state index >= 15 is 0 Å². The van der Waals surface area contributed by atoms with Gasteiger partial charge in [-0.15, -0.1) is 0 Å². The summed E-state index contributed by atoms with van der Waals surface area (Å²) in [6, 6.07) is 24.4. The molecule has 0 atom stereocenters. The van der Waals surface area contributed by atoms with Crippen molar-refractivity contribution in [3.05, 3.63) is 89.0 Å². The first-order chi connectivity index (χ1) is 16.1. The molecule has 0 radical (unpaired) electrons. The molecule has 33 heavy (non-hydrogen) atoms. The predicted molar refractivity (Wildman–Crippen MR) is 139 cm³/mol. The second-order valence-electron chi connectivity index (χ2n) is 10.3. The molecular weight excluding hydrogens is 400 g/mol. The zero-order valence-electron chi connectivity index (χ0n) is 19.7. The quantitative estimate of drug-likeness (QED) is 0.318. The normalized spacial score (nSPS) is 16.9. The van der Waals surface area contributed by atoms with Crippen molar-refractivity contribution < 1.29 is 5.11 Å². The Labute approximate surface area is 197 Å². The molecule has 4 aromatic rings. The maximum atomic E-state index is 11.4. The van der Waals surface area contributed by atoms with Gasteiger partial charge in [0.15, 0.2) is 0 Å². The molecule has 1 saturated carbocycles. The van der Waals surface area contributed by atoms with Crippen LogP contribution in [0.25, 0.3) is 33.0 Å². The molecular formula is C32H32O. The monoisotopic (exact) mass is 432 g/mol. The first kappa shape index (κ1) is 20.5. The maximum absolute atomic E-state index is 11.4. The fraction of sp³-hybridized carbons (Fsp3) is 0.312. The third-order valence-electron chi connectivity index (χ3n) is 8.26. The maximum Gasteiger partial charge on any atom is 0.123 e. The van der Waals surface area contributed by atoms with E-state index in [1.54, 1.807) is 0 Å². The molecule has 1 heteroatoms. The van der Waals surface area contributed by atoms with Crippen LogP contribution < -0.4 is 0 Å². The minimum atomic E-state index is 0.0432. The number of hydrogen-bond acceptors (Lipinski definition) is 1. The SMILES string of the molecule is Cc1ccc(-c2cc3c(O)cc4c(c3cc2C)-c2ccccc2C42CCCCCCC2)cc1. The number of aromatic hydroxyl groups is 1. The van der Waals surface area contributed by atoms with Crippen LogP contribution >= 0.6 is 0 Å². The van der Waals surface area contributed by atoms with Crippen molar-refractivity contribution in [2.75, 3.05) is 0 Å². The average molecular weight is 433 g/mol. The lowest BCUT2D eigenvalue weighted by molar-refractivity contribution is 0.372. The van der Waals surface area contributed by atoms with Crippen molar-refractivity contribution in [1.29, 1.82) is 0 Å². The second-order valence-corrected chi connectivity index (χ2v) is 10.3. The Kier molecular flexibility index (Phi) is 4.83. The largest absolute Gasteiger partial charge is 0.507 e. The van der Waals surface area contributed by atoms with Crippen LogP contribution in [0.4, 0.5) is 0 Å².